The van der Waals surface area contributed by atoms with Gasteiger partial charge in [0.15, 0.2) is 0 Å². The molecule has 3 atom stereocenters. The Hall–Kier alpha value is -2.70. The van der Waals surface area contributed by atoms with Crippen molar-refractivity contribution < 1.29 is 24.5 Å². The molecule has 0 aliphatic rings. The number of aliphatic hydroxyl groups excluding tert-OH is 2. The van der Waals surface area contributed by atoms with Gasteiger partial charge in [0.1, 0.15) is 6.10 Å². The zero-order valence-electron chi connectivity index (χ0n) is 41.4. The van der Waals surface area contributed by atoms with E-state index in [0.717, 1.165) is 83.5 Å². The average molecular weight is 880 g/mol. The Balaban J connectivity index is 4.70. The number of ether oxygens (including phenoxy) is 1. The van der Waals surface area contributed by atoms with Gasteiger partial charge in [0.25, 0.3) is 0 Å². The zero-order chi connectivity index (χ0) is 45.9. The molecular formula is C57H101NO5. The maximum Gasteiger partial charge on any atom is 0.306 e. The van der Waals surface area contributed by atoms with Crippen molar-refractivity contribution in [3.8, 4) is 0 Å². The lowest BCUT2D eigenvalue weighted by Gasteiger charge is -2.24. The summed E-state index contributed by atoms with van der Waals surface area (Å²) in [6.45, 7) is 6.38. The number of rotatable bonds is 47. The SMILES string of the molecule is CCC/C=C/C=C/C=C/C=C/C=C/CCCCCC(CC(=O)NC(CO)C(O)CCCCCCCCCCCCCCCC)OC(=O)CCCCC/C=C\CCCCCCCCC. The summed E-state index contributed by atoms with van der Waals surface area (Å²) < 4.78 is 5.91. The number of unbranched alkanes of at least 4 members (excludes halogenated alkanes) is 27. The van der Waals surface area contributed by atoms with Crippen molar-refractivity contribution in [2.24, 2.45) is 0 Å². The van der Waals surface area contributed by atoms with Gasteiger partial charge in [-0.25, -0.2) is 0 Å². The number of carbonyl (C=O) groups excluding carboxylic acids is 2. The van der Waals surface area contributed by atoms with Gasteiger partial charge in [-0.1, -0.05) is 241 Å². The summed E-state index contributed by atoms with van der Waals surface area (Å²) in [7, 11) is 0. The normalized spacial score (nSPS) is 13.8. The van der Waals surface area contributed by atoms with Crippen LogP contribution in [0.25, 0.3) is 0 Å². The highest BCUT2D eigenvalue weighted by Gasteiger charge is 2.24. The van der Waals surface area contributed by atoms with Crippen molar-refractivity contribution in [2.45, 2.75) is 270 Å². The molecule has 63 heavy (non-hydrogen) atoms. The molecule has 0 radical (unpaired) electrons. The van der Waals surface area contributed by atoms with Gasteiger partial charge in [0.2, 0.25) is 5.91 Å². The van der Waals surface area contributed by atoms with E-state index in [9.17, 15) is 19.8 Å². The van der Waals surface area contributed by atoms with Gasteiger partial charge < -0.3 is 20.3 Å². The number of hydrogen-bond acceptors (Lipinski definition) is 5. The van der Waals surface area contributed by atoms with Crippen LogP contribution in [0.2, 0.25) is 0 Å². The van der Waals surface area contributed by atoms with Crippen molar-refractivity contribution >= 4 is 11.9 Å². The summed E-state index contributed by atoms with van der Waals surface area (Å²) in [5.74, 6) is -0.534. The number of hydrogen-bond donors (Lipinski definition) is 3. The first kappa shape index (κ1) is 60.3. The minimum atomic E-state index is -0.805. The van der Waals surface area contributed by atoms with E-state index in [0.29, 0.717) is 19.3 Å². The highest BCUT2D eigenvalue weighted by Crippen LogP contribution is 2.17. The van der Waals surface area contributed by atoms with Crippen molar-refractivity contribution in [2.75, 3.05) is 6.61 Å². The third-order valence-electron chi connectivity index (χ3n) is 11.9. The Kier molecular flexibility index (Phi) is 48.1. The van der Waals surface area contributed by atoms with Crippen LogP contribution in [0.5, 0.6) is 0 Å². The first-order chi connectivity index (χ1) is 31.0. The molecule has 0 aliphatic heterocycles. The molecule has 0 saturated carbocycles. The van der Waals surface area contributed by atoms with Gasteiger partial charge >= 0.3 is 5.97 Å². The van der Waals surface area contributed by atoms with Crippen molar-refractivity contribution in [3.05, 3.63) is 72.9 Å². The van der Waals surface area contributed by atoms with E-state index in [2.05, 4.69) is 62.5 Å². The molecule has 0 saturated heterocycles. The lowest BCUT2D eigenvalue weighted by Crippen LogP contribution is -2.46. The van der Waals surface area contributed by atoms with E-state index in [4.69, 9.17) is 4.74 Å². The highest BCUT2D eigenvalue weighted by atomic mass is 16.5. The quantitative estimate of drug-likeness (QED) is 0.0245. The largest absolute Gasteiger partial charge is 0.462 e. The minimum Gasteiger partial charge on any atom is -0.462 e. The molecule has 0 bridgehead atoms. The van der Waals surface area contributed by atoms with Crippen molar-refractivity contribution in [1.82, 2.24) is 5.32 Å². The molecule has 0 fully saturated rings. The number of esters is 1. The number of carbonyl (C=O) groups is 2. The van der Waals surface area contributed by atoms with E-state index in [1.807, 2.05) is 36.5 Å². The zero-order valence-corrected chi connectivity index (χ0v) is 41.4. The number of allylic oxidation sites excluding steroid dienone is 12. The molecule has 0 aliphatic carbocycles. The lowest BCUT2D eigenvalue weighted by molar-refractivity contribution is -0.151. The van der Waals surface area contributed by atoms with Crippen LogP contribution in [0.3, 0.4) is 0 Å². The van der Waals surface area contributed by atoms with E-state index < -0.39 is 18.2 Å². The summed E-state index contributed by atoms with van der Waals surface area (Å²) in [6, 6.07) is -0.721. The number of aliphatic hydroxyl groups is 2. The van der Waals surface area contributed by atoms with Gasteiger partial charge in [-0.05, 0) is 70.6 Å². The fourth-order valence-electron chi connectivity index (χ4n) is 7.81. The monoisotopic (exact) mass is 880 g/mol. The van der Waals surface area contributed by atoms with Crippen LogP contribution >= 0.6 is 0 Å². The summed E-state index contributed by atoms with van der Waals surface area (Å²) in [4.78, 5) is 26.2. The maximum absolute atomic E-state index is 13.2. The molecule has 0 rings (SSSR count). The number of amides is 1. The summed E-state index contributed by atoms with van der Waals surface area (Å²) >= 11 is 0. The maximum atomic E-state index is 13.2. The first-order valence-corrected chi connectivity index (χ1v) is 26.7. The van der Waals surface area contributed by atoms with Gasteiger partial charge in [-0.15, -0.1) is 0 Å². The van der Waals surface area contributed by atoms with Crippen molar-refractivity contribution in [1.29, 1.82) is 0 Å². The smallest absolute Gasteiger partial charge is 0.306 e. The van der Waals surface area contributed by atoms with E-state index >= 15 is 0 Å². The molecule has 6 heteroatoms. The highest BCUT2D eigenvalue weighted by molar-refractivity contribution is 5.77. The van der Waals surface area contributed by atoms with Crippen molar-refractivity contribution in [3.63, 3.8) is 0 Å². The predicted molar refractivity (Wildman–Crippen MR) is 273 cm³/mol. The van der Waals surface area contributed by atoms with Crippen LogP contribution in [0.1, 0.15) is 252 Å². The molecule has 6 nitrogen and oxygen atoms in total. The molecule has 3 N–H and O–H groups in total. The molecule has 3 unspecified atom stereocenters. The molecule has 364 valence electrons. The average Bonchev–Trinajstić information content (AvgIpc) is 3.28. The second-order valence-corrected chi connectivity index (χ2v) is 18.0. The number of nitrogens with one attached hydrogen (secondary N) is 1. The van der Waals surface area contributed by atoms with Crippen LogP contribution in [0.4, 0.5) is 0 Å². The molecule has 0 aromatic rings. The van der Waals surface area contributed by atoms with Crippen LogP contribution in [0.15, 0.2) is 72.9 Å². The molecular weight excluding hydrogens is 779 g/mol. The standard InChI is InChI=1S/C57H101NO5/c1-4-7-10-13-16-19-22-25-28-29-30-33-36-39-42-45-48-53(63-57(62)50-47-44-41-38-35-32-27-24-21-18-15-12-9-6-3)51-56(61)58-54(52-59)55(60)49-46-43-40-37-34-31-26-23-20-17-14-11-8-5-2/h10,13,16,19,22,25,28-30,32-33,35,53-55,59-60H,4-9,11-12,14-15,17-18,20-21,23-24,26-27,31,34,36-52H2,1-3H3,(H,58,61)/b13-10+,19-16+,25-22+,29-28+,33-30+,35-32-. The van der Waals surface area contributed by atoms with Gasteiger partial charge in [0, 0.05) is 6.42 Å². The van der Waals surface area contributed by atoms with Crippen LogP contribution in [-0.2, 0) is 14.3 Å². The molecule has 1 amide bonds. The third-order valence-corrected chi connectivity index (χ3v) is 11.9. The Morgan fingerprint density at radius 2 is 0.857 bits per heavy atom. The topological polar surface area (TPSA) is 95.9 Å². The first-order valence-electron chi connectivity index (χ1n) is 26.7. The van der Waals surface area contributed by atoms with Gasteiger partial charge in [0.05, 0.1) is 25.2 Å². The van der Waals surface area contributed by atoms with Crippen LogP contribution < -0.4 is 5.32 Å². The van der Waals surface area contributed by atoms with E-state index in [1.165, 1.54) is 122 Å². The Morgan fingerprint density at radius 3 is 1.35 bits per heavy atom. The van der Waals surface area contributed by atoms with E-state index in [-0.39, 0.29) is 24.9 Å². The summed E-state index contributed by atoms with van der Waals surface area (Å²) in [6.07, 6.45) is 63.8. The second-order valence-electron chi connectivity index (χ2n) is 18.0. The Bertz CT molecular complexity index is 1170. The van der Waals surface area contributed by atoms with Crippen LogP contribution in [-0.4, -0.2) is 46.9 Å². The molecule has 0 spiro atoms. The Morgan fingerprint density at radius 1 is 0.460 bits per heavy atom. The van der Waals surface area contributed by atoms with Gasteiger partial charge in [-0.3, -0.25) is 9.59 Å². The lowest BCUT2D eigenvalue weighted by atomic mass is 10.0. The molecule has 0 aromatic heterocycles. The Labute approximate surface area is 390 Å². The summed E-state index contributed by atoms with van der Waals surface area (Å²) in [5, 5.41) is 23.8. The molecule has 0 aromatic carbocycles. The second kappa shape index (κ2) is 50.3. The summed E-state index contributed by atoms with van der Waals surface area (Å²) in [5.41, 5.74) is 0. The fraction of sp³-hybridized carbons (Fsp3) is 0.754. The molecule has 0 heterocycles. The minimum absolute atomic E-state index is 0.0415. The van der Waals surface area contributed by atoms with Crippen LogP contribution in [0, 0.1) is 0 Å². The fourth-order valence-corrected chi connectivity index (χ4v) is 7.81. The predicted octanol–water partition coefficient (Wildman–Crippen LogP) is 16.2. The van der Waals surface area contributed by atoms with E-state index in [1.54, 1.807) is 0 Å². The third kappa shape index (κ3) is 45.7. The van der Waals surface area contributed by atoms with Gasteiger partial charge in [-0.2, -0.15) is 0 Å².